The summed E-state index contributed by atoms with van der Waals surface area (Å²) in [6.45, 7) is 4.71. The summed E-state index contributed by atoms with van der Waals surface area (Å²) in [5, 5.41) is 0. The molecule has 0 radical (unpaired) electrons. The lowest BCUT2D eigenvalue weighted by atomic mass is 9.76. The summed E-state index contributed by atoms with van der Waals surface area (Å²) in [6.07, 6.45) is 11.9. The van der Waals surface area contributed by atoms with Gasteiger partial charge in [0.2, 0.25) is 0 Å². The minimum atomic E-state index is 0.712. The summed E-state index contributed by atoms with van der Waals surface area (Å²) in [5.41, 5.74) is 6.12. The summed E-state index contributed by atoms with van der Waals surface area (Å²) >= 11 is 0. The fourth-order valence-electron chi connectivity index (χ4n) is 4.53. The summed E-state index contributed by atoms with van der Waals surface area (Å²) in [4.78, 5) is 0. The van der Waals surface area contributed by atoms with E-state index in [1.165, 1.54) is 62.5 Å². The summed E-state index contributed by atoms with van der Waals surface area (Å²) in [7, 11) is 0. The van der Waals surface area contributed by atoms with E-state index in [-0.39, 0.29) is 0 Å². The highest BCUT2D eigenvalue weighted by Crippen LogP contribution is 2.37. The van der Waals surface area contributed by atoms with Crippen molar-refractivity contribution in [2.24, 2.45) is 5.92 Å². The van der Waals surface area contributed by atoms with Crippen LogP contribution in [0.2, 0.25) is 0 Å². The van der Waals surface area contributed by atoms with Crippen molar-refractivity contribution in [2.45, 2.75) is 77.6 Å². The van der Waals surface area contributed by atoms with Gasteiger partial charge in [-0.3, -0.25) is 0 Å². The fraction of sp³-hybridized carbons (Fsp3) is 0.520. The first kappa shape index (κ1) is 18.2. The molecule has 0 heteroatoms. The van der Waals surface area contributed by atoms with Crippen LogP contribution in [0.3, 0.4) is 0 Å². The monoisotopic (exact) mass is 334 g/mol. The van der Waals surface area contributed by atoms with Gasteiger partial charge in [-0.25, -0.2) is 0 Å². The highest BCUT2D eigenvalue weighted by Gasteiger charge is 2.22. The molecule has 1 saturated carbocycles. The Morgan fingerprint density at radius 2 is 1.44 bits per heavy atom. The number of aryl methyl sites for hydroxylation is 3. The summed E-state index contributed by atoms with van der Waals surface area (Å²) in [6, 6.07) is 18.5. The molecule has 0 N–H and O–H groups in total. The van der Waals surface area contributed by atoms with Crippen molar-refractivity contribution in [3.05, 3.63) is 70.8 Å². The molecule has 1 unspecified atom stereocenters. The van der Waals surface area contributed by atoms with E-state index >= 15 is 0 Å². The maximum atomic E-state index is 2.47. The van der Waals surface area contributed by atoms with Crippen molar-refractivity contribution < 1.29 is 0 Å². The first-order chi connectivity index (χ1) is 12.3. The molecule has 2 aromatic carbocycles. The van der Waals surface area contributed by atoms with Crippen molar-refractivity contribution in [3.63, 3.8) is 0 Å². The van der Waals surface area contributed by atoms with E-state index in [1.807, 2.05) is 0 Å². The van der Waals surface area contributed by atoms with Gasteiger partial charge in [-0.1, -0.05) is 88.1 Å². The third kappa shape index (κ3) is 4.97. The molecule has 0 spiro atoms. The smallest absolute Gasteiger partial charge is 0.0159 e. The average molecular weight is 335 g/mol. The van der Waals surface area contributed by atoms with Crippen LogP contribution in [0.25, 0.3) is 0 Å². The molecule has 0 bridgehead atoms. The van der Waals surface area contributed by atoms with Crippen LogP contribution in [0.4, 0.5) is 0 Å². The first-order valence-corrected chi connectivity index (χ1v) is 10.4. The van der Waals surface area contributed by atoms with Crippen molar-refractivity contribution in [1.29, 1.82) is 0 Å². The number of rotatable bonds is 7. The van der Waals surface area contributed by atoms with Gasteiger partial charge in [0.1, 0.15) is 0 Å². The van der Waals surface area contributed by atoms with Crippen molar-refractivity contribution in [1.82, 2.24) is 0 Å². The first-order valence-electron chi connectivity index (χ1n) is 10.4. The van der Waals surface area contributed by atoms with Crippen LogP contribution in [-0.4, -0.2) is 0 Å². The second kappa shape index (κ2) is 9.22. The van der Waals surface area contributed by atoms with E-state index in [1.54, 1.807) is 11.1 Å². The number of hydrogen-bond donors (Lipinski definition) is 0. The van der Waals surface area contributed by atoms with E-state index in [9.17, 15) is 0 Å². The lowest BCUT2D eigenvalue weighted by Gasteiger charge is -2.29. The molecule has 3 rings (SSSR count). The Balaban J connectivity index is 1.66. The molecule has 25 heavy (non-hydrogen) atoms. The van der Waals surface area contributed by atoms with Crippen molar-refractivity contribution >= 4 is 0 Å². The molecule has 1 atom stereocenters. The van der Waals surface area contributed by atoms with Gasteiger partial charge >= 0.3 is 0 Å². The average Bonchev–Trinajstić information content (AvgIpc) is 2.68. The lowest BCUT2D eigenvalue weighted by Crippen LogP contribution is -2.15. The second-order valence-electron chi connectivity index (χ2n) is 7.95. The zero-order valence-corrected chi connectivity index (χ0v) is 16.1. The van der Waals surface area contributed by atoms with E-state index in [0.29, 0.717) is 5.92 Å². The Labute approximate surface area is 154 Å². The topological polar surface area (TPSA) is 0 Å². The molecule has 0 saturated heterocycles. The van der Waals surface area contributed by atoms with Gasteiger partial charge in [0.15, 0.2) is 0 Å². The molecule has 1 fully saturated rings. The van der Waals surface area contributed by atoms with Crippen LogP contribution in [0, 0.1) is 5.92 Å². The zero-order chi connectivity index (χ0) is 17.5. The Bertz CT molecular complexity index is 631. The molecular weight excluding hydrogens is 300 g/mol. The normalized spacial score (nSPS) is 16.7. The quantitative estimate of drug-likeness (QED) is 0.506. The van der Waals surface area contributed by atoms with E-state index in [4.69, 9.17) is 0 Å². The Hall–Kier alpha value is -1.56. The Morgan fingerprint density at radius 1 is 0.800 bits per heavy atom. The standard InChI is InChI=1S/C25H34/c1-3-9-21-14-16-22(17-15-21)18-19-24-12-7-8-13-25(24)20(2)23-10-5-4-6-11-23/h7-8,12-17,20,23H,3-6,9-11,18-19H2,1-2H3. The number of benzene rings is 2. The van der Waals surface area contributed by atoms with E-state index in [0.717, 1.165) is 12.3 Å². The molecular formula is C25H34. The van der Waals surface area contributed by atoms with Gasteiger partial charge < -0.3 is 0 Å². The van der Waals surface area contributed by atoms with Crippen molar-refractivity contribution in [2.75, 3.05) is 0 Å². The van der Waals surface area contributed by atoms with Crippen LogP contribution in [-0.2, 0) is 19.3 Å². The third-order valence-electron chi connectivity index (χ3n) is 6.15. The molecule has 0 nitrogen and oxygen atoms in total. The van der Waals surface area contributed by atoms with Crippen LogP contribution in [0.5, 0.6) is 0 Å². The van der Waals surface area contributed by atoms with Gasteiger partial charge in [0.25, 0.3) is 0 Å². The van der Waals surface area contributed by atoms with Gasteiger partial charge in [0.05, 0.1) is 0 Å². The van der Waals surface area contributed by atoms with Gasteiger partial charge in [-0.15, -0.1) is 0 Å². The van der Waals surface area contributed by atoms with E-state index < -0.39 is 0 Å². The second-order valence-corrected chi connectivity index (χ2v) is 7.95. The molecule has 134 valence electrons. The van der Waals surface area contributed by atoms with Gasteiger partial charge in [0, 0.05) is 0 Å². The van der Waals surface area contributed by atoms with Crippen LogP contribution < -0.4 is 0 Å². The maximum absolute atomic E-state index is 2.47. The highest BCUT2D eigenvalue weighted by molar-refractivity contribution is 5.32. The summed E-state index contributed by atoms with van der Waals surface area (Å²) < 4.78 is 0. The molecule has 1 aliphatic carbocycles. The SMILES string of the molecule is CCCc1ccc(CCc2ccccc2C(C)C2CCCCC2)cc1. The third-order valence-corrected chi connectivity index (χ3v) is 6.15. The predicted octanol–water partition coefficient (Wildman–Crippen LogP) is 7.11. The van der Waals surface area contributed by atoms with Crippen LogP contribution >= 0.6 is 0 Å². The minimum absolute atomic E-state index is 0.712. The predicted molar refractivity (Wildman–Crippen MR) is 109 cm³/mol. The highest BCUT2D eigenvalue weighted by atomic mass is 14.3. The molecule has 0 heterocycles. The van der Waals surface area contributed by atoms with E-state index in [2.05, 4.69) is 62.4 Å². The van der Waals surface area contributed by atoms with Crippen molar-refractivity contribution in [3.8, 4) is 0 Å². The Morgan fingerprint density at radius 3 is 2.12 bits per heavy atom. The Kier molecular flexibility index (Phi) is 6.73. The molecule has 1 aliphatic rings. The van der Waals surface area contributed by atoms with Crippen LogP contribution in [0.15, 0.2) is 48.5 Å². The van der Waals surface area contributed by atoms with Gasteiger partial charge in [-0.2, -0.15) is 0 Å². The van der Waals surface area contributed by atoms with Crippen LogP contribution in [0.1, 0.15) is 80.5 Å². The molecule has 0 amide bonds. The van der Waals surface area contributed by atoms with Gasteiger partial charge in [-0.05, 0) is 66.2 Å². The fourth-order valence-corrected chi connectivity index (χ4v) is 4.53. The minimum Gasteiger partial charge on any atom is -0.0651 e. The summed E-state index contributed by atoms with van der Waals surface area (Å²) in [5.74, 6) is 1.60. The zero-order valence-electron chi connectivity index (χ0n) is 16.1. The maximum Gasteiger partial charge on any atom is -0.0159 e. The lowest BCUT2D eigenvalue weighted by molar-refractivity contribution is 0.315. The molecule has 2 aromatic rings. The number of hydrogen-bond acceptors (Lipinski definition) is 0. The molecule has 0 aromatic heterocycles. The largest absolute Gasteiger partial charge is 0.0651 e. The molecule has 0 aliphatic heterocycles.